The molecule has 0 aliphatic carbocycles. The highest BCUT2D eigenvalue weighted by atomic mass is 14.8. The van der Waals surface area contributed by atoms with Gasteiger partial charge >= 0.3 is 0 Å². The topological polar surface area (TPSA) is 24.1 Å². The minimum atomic E-state index is 0.732. The molecule has 2 N–H and O–H groups in total. The molecule has 0 saturated carbocycles. The standard InChI is InChI=1S/C12H16N2/c1-13-8-4-7-11-5-3-6-12(9-11)10-14-2/h3,5-6,9,13-14H,8,10H2,1-2H3. The molecule has 0 radical (unpaired) electrons. The van der Waals surface area contributed by atoms with Gasteiger partial charge in [0.05, 0.1) is 6.54 Å². The van der Waals surface area contributed by atoms with E-state index in [0.717, 1.165) is 18.7 Å². The van der Waals surface area contributed by atoms with Crippen LogP contribution in [0.25, 0.3) is 0 Å². The predicted octanol–water partition coefficient (Wildman–Crippen LogP) is 0.977. The van der Waals surface area contributed by atoms with Crippen molar-refractivity contribution in [2.45, 2.75) is 6.54 Å². The SMILES string of the molecule is CNCC#Cc1cccc(CNC)c1. The van der Waals surface area contributed by atoms with Crippen LogP contribution in [-0.2, 0) is 6.54 Å². The van der Waals surface area contributed by atoms with Crippen molar-refractivity contribution in [3.63, 3.8) is 0 Å². The van der Waals surface area contributed by atoms with Crippen molar-refractivity contribution in [2.75, 3.05) is 20.6 Å². The maximum atomic E-state index is 3.12. The molecule has 0 saturated heterocycles. The molecule has 0 aliphatic rings. The summed E-state index contributed by atoms with van der Waals surface area (Å²) in [4.78, 5) is 0. The molecule has 2 nitrogen and oxygen atoms in total. The highest BCUT2D eigenvalue weighted by Gasteiger charge is 1.91. The van der Waals surface area contributed by atoms with Gasteiger partial charge in [-0.25, -0.2) is 0 Å². The Morgan fingerprint density at radius 2 is 2.07 bits per heavy atom. The third kappa shape index (κ3) is 3.61. The van der Waals surface area contributed by atoms with E-state index in [2.05, 4.69) is 34.6 Å². The molecular formula is C12H16N2. The smallest absolute Gasteiger partial charge is 0.0577 e. The van der Waals surface area contributed by atoms with Crippen molar-refractivity contribution in [3.8, 4) is 11.8 Å². The Morgan fingerprint density at radius 3 is 2.79 bits per heavy atom. The quantitative estimate of drug-likeness (QED) is 0.691. The highest BCUT2D eigenvalue weighted by Crippen LogP contribution is 2.03. The van der Waals surface area contributed by atoms with Crippen LogP contribution in [0.4, 0.5) is 0 Å². The summed E-state index contributed by atoms with van der Waals surface area (Å²) in [6.07, 6.45) is 0. The zero-order chi connectivity index (χ0) is 10.2. The first-order chi connectivity index (χ1) is 6.86. The average Bonchev–Trinajstić information content (AvgIpc) is 2.19. The Balaban J connectivity index is 2.69. The van der Waals surface area contributed by atoms with Gasteiger partial charge in [-0.05, 0) is 31.8 Å². The van der Waals surface area contributed by atoms with Gasteiger partial charge in [0.15, 0.2) is 0 Å². The first-order valence-corrected chi connectivity index (χ1v) is 4.74. The summed E-state index contributed by atoms with van der Waals surface area (Å²) < 4.78 is 0. The van der Waals surface area contributed by atoms with Gasteiger partial charge in [-0.1, -0.05) is 24.0 Å². The van der Waals surface area contributed by atoms with Crippen molar-refractivity contribution >= 4 is 0 Å². The second-order valence-electron chi connectivity index (χ2n) is 3.06. The van der Waals surface area contributed by atoms with Gasteiger partial charge in [-0.15, -0.1) is 0 Å². The second kappa shape index (κ2) is 6.20. The summed E-state index contributed by atoms with van der Waals surface area (Å²) in [5.41, 5.74) is 2.34. The van der Waals surface area contributed by atoms with E-state index in [1.54, 1.807) is 0 Å². The molecule has 14 heavy (non-hydrogen) atoms. The minimum absolute atomic E-state index is 0.732. The van der Waals surface area contributed by atoms with E-state index in [1.165, 1.54) is 5.56 Å². The fourth-order valence-electron chi connectivity index (χ4n) is 1.20. The van der Waals surface area contributed by atoms with Crippen molar-refractivity contribution in [3.05, 3.63) is 35.4 Å². The molecule has 1 aromatic carbocycles. The lowest BCUT2D eigenvalue weighted by Crippen LogP contribution is -2.05. The summed E-state index contributed by atoms with van der Waals surface area (Å²) in [6, 6.07) is 8.27. The van der Waals surface area contributed by atoms with Crippen LogP contribution in [-0.4, -0.2) is 20.6 Å². The largest absolute Gasteiger partial charge is 0.316 e. The molecule has 0 heterocycles. The zero-order valence-corrected chi connectivity index (χ0v) is 8.72. The Labute approximate surface area is 85.7 Å². The summed E-state index contributed by atoms with van der Waals surface area (Å²) >= 11 is 0. The number of hydrogen-bond acceptors (Lipinski definition) is 2. The molecule has 1 rings (SSSR count). The Kier molecular flexibility index (Phi) is 4.77. The van der Waals surface area contributed by atoms with Crippen molar-refractivity contribution in [1.29, 1.82) is 0 Å². The van der Waals surface area contributed by atoms with Crippen molar-refractivity contribution in [2.24, 2.45) is 0 Å². The summed E-state index contributed by atoms with van der Waals surface area (Å²) in [5, 5.41) is 6.11. The molecule has 0 bridgehead atoms. The van der Waals surface area contributed by atoms with E-state index < -0.39 is 0 Å². The van der Waals surface area contributed by atoms with Crippen LogP contribution in [0, 0.1) is 11.8 Å². The van der Waals surface area contributed by atoms with Gasteiger partial charge in [-0.3, -0.25) is 0 Å². The van der Waals surface area contributed by atoms with Crippen LogP contribution in [0.3, 0.4) is 0 Å². The van der Waals surface area contributed by atoms with E-state index in [-0.39, 0.29) is 0 Å². The molecule has 0 unspecified atom stereocenters. The van der Waals surface area contributed by atoms with Crippen molar-refractivity contribution < 1.29 is 0 Å². The first-order valence-electron chi connectivity index (χ1n) is 4.74. The van der Waals surface area contributed by atoms with E-state index in [4.69, 9.17) is 0 Å². The first kappa shape index (κ1) is 10.8. The molecule has 0 spiro atoms. The zero-order valence-electron chi connectivity index (χ0n) is 8.72. The van der Waals surface area contributed by atoms with Gasteiger partial charge in [-0.2, -0.15) is 0 Å². The molecule has 0 aromatic heterocycles. The van der Waals surface area contributed by atoms with Crippen LogP contribution < -0.4 is 10.6 Å². The van der Waals surface area contributed by atoms with Crippen LogP contribution in [0.15, 0.2) is 24.3 Å². The number of hydrogen-bond donors (Lipinski definition) is 2. The van der Waals surface area contributed by atoms with E-state index in [1.807, 2.05) is 26.2 Å². The number of nitrogens with one attached hydrogen (secondary N) is 2. The lowest BCUT2D eigenvalue weighted by atomic mass is 10.1. The number of rotatable bonds is 3. The third-order valence-electron chi connectivity index (χ3n) is 1.81. The highest BCUT2D eigenvalue weighted by molar-refractivity contribution is 5.37. The maximum absolute atomic E-state index is 3.12. The Bertz CT molecular complexity index is 334. The Morgan fingerprint density at radius 1 is 1.21 bits per heavy atom. The summed E-state index contributed by atoms with van der Waals surface area (Å²) in [6.45, 7) is 1.62. The number of benzene rings is 1. The fraction of sp³-hybridized carbons (Fsp3) is 0.333. The van der Waals surface area contributed by atoms with Gasteiger partial charge in [0.25, 0.3) is 0 Å². The monoisotopic (exact) mass is 188 g/mol. The van der Waals surface area contributed by atoms with Crippen LogP contribution in [0.1, 0.15) is 11.1 Å². The minimum Gasteiger partial charge on any atom is -0.316 e. The normalized spacial score (nSPS) is 9.29. The summed E-state index contributed by atoms with van der Waals surface area (Å²) in [5.74, 6) is 6.14. The average molecular weight is 188 g/mol. The van der Waals surface area contributed by atoms with E-state index in [9.17, 15) is 0 Å². The third-order valence-corrected chi connectivity index (χ3v) is 1.81. The maximum Gasteiger partial charge on any atom is 0.0577 e. The summed E-state index contributed by atoms with van der Waals surface area (Å²) in [7, 11) is 3.84. The van der Waals surface area contributed by atoms with Gasteiger partial charge in [0.1, 0.15) is 0 Å². The van der Waals surface area contributed by atoms with Crippen LogP contribution in [0.2, 0.25) is 0 Å². The van der Waals surface area contributed by atoms with Crippen molar-refractivity contribution in [1.82, 2.24) is 10.6 Å². The molecule has 2 heteroatoms. The van der Waals surface area contributed by atoms with Gasteiger partial charge in [0.2, 0.25) is 0 Å². The lowest BCUT2D eigenvalue weighted by molar-refractivity contribution is 0.817. The van der Waals surface area contributed by atoms with Crippen LogP contribution >= 0.6 is 0 Å². The molecule has 0 aliphatic heterocycles. The molecule has 0 atom stereocenters. The van der Waals surface area contributed by atoms with E-state index >= 15 is 0 Å². The molecule has 74 valence electrons. The van der Waals surface area contributed by atoms with Gasteiger partial charge in [0, 0.05) is 12.1 Å². The second-order valence-corrected chi connectivity index (χ2v) is 3.06. The van der Waals surface area contributed by atoms with Crippen LogP contribution in [0.5, 0.6) is 0 Å². The fourth-order valence-corrected chi connectivity index (χ4v) is 1.20. The molecule has 0 fully saturated rings. The van der Waals surface area contributed by atoms with Gasteiger partial charge < -0.3 is 10.6 Å². The Hall–Kier alpha value is -1.30. The molecule has 1 aromatic rings. The predicted molar refractivity (Wildman–Crippen MR) is 60.0 cm³/mol. The molecular weight excluding hydrogens is 172 g/mol. The lowest BCUT2D eigenvalue weighted by Gasteiger charge is -1.99. The van der Waals surface area contributed by atoms with E-state index in [0.29, 0.717) is 0 Å². The molecule has 0 amide bonds.